The minimum Gasteiger partial charge on any atom is -0.483 e. The molecule has 5 nitrogen and oxygen atoms in total. The fourth-order valence-corrected chi connectivity index (χ4v) is 3.82. The van der Waals surface area contributed by atoms with Crippen LogP contribution in [0.15, 0.2) is 40.9 Å². The molecule has 2 aromatic carbocycles. The summed E-state index contributed by atoms with van der Waals surface area (Å²) in [4.78, 5) is 27.3. The number of amides is 2. The van der Waals surface area contributed by atoms with E-state index in [4.69, 9.17) is 39.5 Å². The molecule has 2 rings (SSSR count). The van der Waals surface area contributed by atoms with E-state index in [9.17, 15) is 9.59 Å². The van der Waals surface area contributed by atoms with E-state index in [0.717, 1.165) is 12.0 Å². The van der Waals surface area contributed by atoms with Gasteiger partial charge in [-0.15, -0.1) is 0 Å². The lowest BCUT2D eigenvalue weighted by Crippen LogP contribution is -2.50. The summed E-state index contributed by atoms with van der Waals surface area (Å²) in [5.41, 5.74) is 0.749. The van der Waals surface area contributed by atoms with Crippen molar-refractivity contribution in [2.45, 2.75) is 45.8 Å². The number of hydrogen-bond donors (Lipinski definition) is 1. The smallest absolute Gasteiger partial charge is 0.261 e. The highest BCUT2D eigenvalue weighted by molar-refractivity contribution is 9.10. The minimum atomic E-state index is -0.715. The van der Waals surface area contributed by atoms with Crippen LogP contribution in [0.3, 0.4) is 0 Å². The molecule has 9 heteroatoms. The van der Waals surface area contributed by atoms with Crippen LogP contribution in [0.4, 0.5) is 0 Å². The summed E-state index contributed by atoms with van der Waals surface area (Å²) in [5.74, 6) is -0.112. The van der Waals surface area contributed by atoms with E-state index in [1.165, 1.54) is 4.90 Å². The Labute approximate surface area is 206 Å². The van der Waals surface area contributed by atoms with Gasteiger partial charge in [0.25, 0.3) is 5.91 Å². The lowest BCUT2D eigenvalue weighted by atomic mass is 10.1. The zero-order valence-electron chi connectivity index (χ0n) is 17.4. The number of nitrogens with one attached hydrogen (secondary N) is 1. The van der Waals surface area contributed by atoms with Crippen molar-refractivity contribution in [2.24, 2.45) is 0 Å². The van der Waals surface area contributed by atoms with Gasteiger partial charge in [0, 0.05) is 17.6 Å². The quantitative estimate of drug-likeness (QED) is 0.409. The monoisotopic (exact) mass is 548 g/mol. The molecule has 0 saturated heterocycles. The second kappa shape index (κ2) is 12.0. The van der Waals surface area contributed by atoms with Gasteiger partial charge < -0.3 is 15.0 Å². The molecule has 2 aromatic rings. The predicted molar refractivity (Wildman–Crippen MR) is 129 cm³/mol. The van der Waals surface area contributed by atoms with Crippen molar-refractivity contribution in [1.29, 1.82) is 0 Å². The molecule has 0 bridgehead atoms. The molecule has 168 valence electrons. The third kappa shape index (κ3) is 7.56. The van der Waals surface area contributed by atoms with Crippen LogP contribution in [-0.4, -0.2) is 35.4 Å². The zero-order chi connectivity index (χ0) is 23.1. The van der Waals surface area contributed by atoms with Gasteiger partial charge in [0.1, 0.15) is 11.8 Å². The fraction of sp³-hybridized carbons (Fsp3) is 0.364. The average Bonchev–Trinajstić information content (AvgIpc) is 2.72. The predicted octanol–water partition coefficient (Wildman–Crippen LogP) is 6.12. The van der Waals surface area contributed by atoms with Crippen LogP contribution in [0.1, 0.15) is 32.8 Å². The van der Waals surface area contributed by atoms with Gasteiger partial charge in [0.15, 0.2) is 6.61 Å². The van der Waals surface area contributed by atoms with Crippen LogP contribution in [-0.2, 0) is 16.1 Å². The second-order valence-electron chi connectivity index (χ2n) is 7.13. The van der Waals surface area contributed by atoms with Gasteiger partial charge in [-0.2, -0.15) is 0 Å². The lowest BCUT2D eigenvalue weighted by Gasteiger charge is -2.29. The first-order valence-electron chi connectivity index (χ1n) is 9.74. The number of nitrogens with zero attached hydrogens (tertiary/aromatic N) is 1. The van der Waals surface area contributed by atoms with Gasteiger partial charge in [-0.25, -0.2) is 0 Å². The molecule has 0 heterocycles. The molecule has 0 aliphatic carbocycles. The second-order valence-corrected chi connectivity index (χ2v) is 9.23. The first-order chi connectivity index (χ1) is 14.6. The molecule has 0 aliphatic heterocycles. The van der Waals surface area contributed by atoms with Crippen LogP contribution in [0.25, 0.3) is 0 Å². The topological polar surface area (TPSA) is 58.6 Å². The maximum atomic E-state index is 13.1. The number of carbonyl (C=O) groups is 2. The first-order valence-corrected chi connectivity index (χ1v) is 11.7. The average molecular weight is 551 g/mol. The van der Waals surface area contributed by atoms with E-state index < -0.39 is 6.04 Å². The van der Waals surface area contributed by atoms with E-state index in [1.807, 2.05) is 13.8 Å². The number of carbonyl (C=O) groups excluding carboxylic acids is 2. The molecule has 0 unspecified atom stereocenters. The van der Waals surface area contributed by atoms with Gasteiger partial charge in [0.05, 0.1) is 14.5 Å². The molecule has 0 fully saturated rings. The third-order valence-corrected chi connectivity index (χ3v) is 6.34. The van der Waals surface area contributed by atoms with E-state index in [-0.39, 0.29) is 31.0 Å². The first kappa shape index (κ1) is 25.8. The zero-order valence-corrected chi connectivity index (χ0v) is 21.3. The van der Waals surface area contributed by atoms with E-state index in [0.29, 0.717) is 25.3 Å². The Bertz CT molecular complexity index is 942. The summed E-state index contributed by atoms with van der Waals surface area (Å²) in [7, 11) is 0. The molecular weight excluding hydrogens is 527 g/mol. The number of rotatable bonds is 9. The summed E-state index contributed by atoms with van der Waals surface area (Å²) in [5, 5.41) is 4.26. The van der Waals surface area contributed by atoms with Crippen LogP contribution in [0.2, 0.25) is 15.1 Å². The van der Waals surface area contributed by atoms with E-state index in [1.54, 1.807) is 43.3 Å². The fourth-order valence-electron chi connectivity index (χ4n) is 2.70. The SMILES string of the molecule is CC[C@H](C)NC(=O)[C@H](C)N(Cc1ccc(Cl)c(Cl)c1)C(=O)COc1ccc(Cl)cc1Br. The maximum absolute atomic E-state index is 13.1. The lowest BCUT2D eigenvalue weighted by molar-refractivity contribution is -0.142. The Morgan fingerprint density at radius 2 is 1.81 bits per heavy atom. The molecule has 31 heavy (non-hydrogen) atoms. The van der Waals surface area contributed by atoms with Crippen LogP contribution >= 0.6 is 50.7 Å². The molecule has 2 amide bonds. The Morgan fingerprint density at radius 3 is 2.42 bits per heavy atom. The van der Waals surface area contributed by atoms with Crippen molar-refractivity contribution in [2.75, 3.05) is 6.61 Å². The summed E-state index contributed by atoms with van der Waals surface area (Å²) in [6.45, 7) is 5.51. The standard InChI is InChI=1S/C22H24BrCl3N2O3/c1-4-13(2)27-22(30)14(3)28(11-15-5-7-18(25)19(26)9-15)21(29)12-31-20-8-6-16(24)10-17(20)23/h5-10,13-14H,4,11-12H2,1-3H3,(H,27,30)/t13-,14-/m0/s1. The maximum Gasteiger partial charge on any atom is 0.261 e. The van der Waals surface area contributed by atoms with Gasteiger partial charge in [-0.05, 0) is 72.1 Å². The van der Waals surface area contributed by atoms with Gasteiger partial charge in [0.2, 0.25) is 5.91 Å². The molecule has 1 N–H and O–H groups in total. The number of hydrogen-bond acceptors (Lipinski definition) is 3. The normalized spacial score (nSPS) is 12.7. The molecule has 0 aromatic heterocycles. The number of ether oxygens (including phenoxy) is 1. The van der Waals surface area contributed by atoms with Crippen molar-refractivity contribution in [1.82, 2.24) is 10.2 Å². The molecule has 2 atom stereocenters. The Kier molecular flexibility index (Phi) is 9.94. The van der Waals surface area contributed by atoms with E-state index in [2.05, 4.69) is 21.2 Å². The summed E-state index contributed by atoms with van der Waals surface area (Å²) < 4.78 is 6.30. The van der Waals surface area contributed by atoms with Crippen molar-refractivity contribution >= 4 is 62.5 Å². The van der Waals surface area contributed by atoms with Crippen molar-refractivity contribution < 1.29 is 14.3 Å². The van der Waals surface area contributed by atoms with Crippen LogP contribution in [0, 0.1) is 0 Å². The highest BCUT2D eigenvalue weighted by atomic mass is 79.9. The van der Waals surface area contributed by atoms with Crippen LogP contribution in [0.5, 0.6) is 5.75 Å². The molecule has 0 radical (unpaired) electrons. The van der Waals surface area contributed by atoms with Gasteiger partial charge in [-0.3, -0.25) is 9.59 Å². The van der Waals surface area contributed by atoms with Crippen molar-refractivity contribution in [3.63, 3.8) is 0 Å². The molecular formula is C22H24BrCl3N2O3. The highest BCUT2D eigenvalue weighted by Crippen LogP contribution is 2.28. The van der Waals surface area contributed by atoms with E-state index >= 15 is 0 Å². The van der Waals surface area contributed by atoms with Gasteiger partial charge in [-0.1, -0.05) is 47.8 Å². The minimum absolute atomic E-state index is 0.00171. The highest BCUT2D eigenvalue weighted by Gasteiger charge is 2.27. The van der Waals surface area contributed by atoms with Crippen molar-refractivity contribution in [3.05, 3.63) is 61.5 Å². The molecule has 0 aliphatic rings. The molecule has 0 spiro atoms. The van der Waals surface area contributed by atoms with Crippen LogP contribution < -0.4 is 10.1 Å². The van der Waals surface area contributed by atoms with Gasteiger partial charge >= 0.3 is 0 Å². The Hall–Kier alpha value is -1.47. The number of halogens is 4. The summed E-state index contributed by atoms with van der Waals surface area (Å²) >= 11 is 21.4. The largest absolute Gasteiger partial charge is 0.483 e. The summed E-state index contributed by atoms with van der Waals surface area (Å²) in [6, 6.07) is 9.41. The van der Waals surface area contributed by atoms with Crippen molar-refractivity contribution in [3.8, 4) is 5.75 Å². The molecule has 0 saturated carbocycles. The number of benzene rings is 2. The Balaban J connectivity index is 2.20. The third-order valence-electron chi connectivity index (χ3n) is 4.75. The summed E-state index contributed by atoms with van der Waals surface area (Å²) in [6.07, 6.45) is 0.785. The Morgan fingerprint density at radius 1 is 1.10 bits per heavy atom.